The summed E-state index contributed by atoms with van der Waals surface area (Å²) in [6.45, 7) is 0. The zero-order valence-corrected chi connectivity index (χ0v) is 13.5. The Bertz CT molecular complexity index is 620. The SMILES string of the molecule is O=C(NC1C2CC3CC1CC(O)(C3)C2)C1(c2ccccc2)CC1. The van der Waals surface area contributed by atoms with Crippen molar-refractivity contribution in [3.63, 3.8) is 0 Å². The molecular weight excluding hydrogens is 286 g/mol. The number of hydrogen-bond acceptors (Lipinski definition) is 2. The molecule has 2 unspecified atom stereocenters. The summed E-state index contributed by atoms with van der Waals surface area (Å²) in [6, 6.07) is 10.5. The fourth-order valence-electron chi connectivity index (χ4n) is 6.04. The van der Waals surface area contributed by atoms with E-state index >= 15 is 0 Å². The number of aliphatic hydroxyl groups is 1. The van der Waals surface area contributed by atoms with Crippen LogP contribution in [0.4, 0.5) is 0 Å². The Hall–Kier alpha value is -1.35. The van der Waals surface area contributed by atoms with Gasteiger partial charge in [0.15, 0.2) is 0 Å². The van der Waals surface area contributed by atoms with Crippen LogP contribution in [0.5, 0.6) is 0 Å². The summed E-state index contributed by atoms with van der Waals surface area (Å²) in [5.41, 5.74) is 0.473. The first-order chi connectivity index (χ1) is 11.1. The van der Waals surface area contributed by atoms with Gasteiger partial charge in [-0.15, -0.1) is 0 Å². The summed E-state index contributed by atoms with van der Waals surface area (Å²) < 4.78 is 0. The molecule has 0 heterocycles. The maximum absolute atomic E-state index is 13.0. The van der Waals surface area contributed by atoms with E-state index in [1.807, 2.05) is 18.2 Å². The molecule has 6 rings (SSSR count). The standard InChI is InChI=1S/C20H25NO2/c22-18(20(6-7-20)16-4-2-1-3-5-16)21-17-14-8-13-9-15(17)12-19(23,10-13)11-14/h1-5,13-15,17,23H,6-12H2,(H,21,22). The summed E-state index contributed by atoms with van der Waals surface area (Å²) >= 11 is 0. The molecule has 5 fully saturated rings. The molecule has 3 heteroatoms. The Balaban J connectivity index is 1.36. The van der Waals surface area contributed by atoms with Gasteiger partial charge in [-0.05, 0) is 68.3 Å². The smallest absolute Gasteiger partial charge is 0.230 e. The average Bonchev–Trinajstić information content (AvgIpc) is 3.32. The molecule has 0 spiro atoms. The minimum atomic E-state index is -0.422. The van der Waals surface area contributed by atoms with E-state index in [-0.39, 0.29) is 11.3 Å². The van der Waals surface area contributed by atoms with E-state index in [9.17, 15) is 9.90 Å². The molecule has 2 N–H and O–H groups in total. The Kier molecular flexibility index (Phi) is 2.80. The molecule has 1 aromatic rings. The average molecular weight is 311 g/mol. The van der Waals surface area contributed by atoms with Gasteiger partial charge in [0.2, 0.25) is 5.91 Å². The highest BCUT2D eigenvalue weighted by molar-refractivity contribution is 5.91. The minimum Gasteiger partial charge on any atom is -0.390 e. The van der Waals surface area contributed by atoms with Crippen molar-refractivity contribution in [2.45, 2.75) is 62.0 Å². The molecule has 0 saturated heterocycles. The van der Waals surface area contributed by atoms with E-state index in [2.05, 4.69) is 17.4 Å². The second-order valence-corrected chi connectivity index (χ2v) is 8.64. The summed E-state index contributed by atoms with van der Waals surface area (Å²) in [5, 5.41) is 14.1. The van der Waals surface area contributed by atoms with Crippen molar-refractivity contribution in [1.29, 1.82) is 0 Å². The Morgan fingerprint density at radius 1 is 1.04 bits per heavy atom. The number of benzene rings is 1. The van der Waals surface area contributed by atoms with Crippen molar-refractivity contribution in [2.24, 2.45) is 17.8 Å². The second kappa shape index (κ2) is 4.60. The molecule has 5 saturated carbocycles. The molecule has 5 aliphatic carbocycles. The van der Waals surface area contributed by atoms with E-state index in [4.69, 9.17) is 0 Å². The Morgan fingerprint density at radius 3 is 2.26 bits per heavy atom. The Morgan fingerprint density at radius 2 is 1.70 bits per heavy atom. The van der Waals surface area contributed by atoms with Crippen LogP contribution in [-0.4, -0.2) is 22.7 Å². The number of carbonyl (C=O) groups is 1. The molecule has 3 nitrogen and oxygen atoms in total. The van der Waals surface area contributed by atoms with Gasteiger partial charge in [-0.2, -0.15) is 0 Å². The molecule has 0 aliphatic heterocycles. The van der Waals surface area contributed by atoms with Crippen LogP contribution in [0.25, 0.3) is 0 Å². The predicted molar refractivity (Wildman–Crippen MR) is 87.8 cm³/mol. The van der Waals surface area contributed by atoms with Crippen LogP contribution in [-0.2, 0) is 10.2 Å². The quantitative estimate of drug-likeness (QED) is 0.902. The van der Waals surface area contributed by atoms with Crippen LogP contribution >= 0.6 is 0 Å². The van der Waals surface area contributed by atoms with Gasteiger partial charge in [0, 0.05) is 6.04 Å². The Labute approximate surface area is 137 Å². The van der Waals surface area contributed by atoms with E-state index in [0.29, 0.717) is 23.8 Å². The van der Waals surface area contributed by atoms with Crippen LogP contribution < -0.4 is 5.32 Å². The van der Waals surface area contributed by atoms with Crippen molar-refractivity contribution in [3.05, 3.63) is 35.9 Å². The van der Waals surface area contributed by atoms with E-state index in [0.717, 1.165) is 32.1 Å². The first-order valence-electron chi connectivity index (χ1n) is 9.17. The zero-order valence-electron chi connectivity index (χ0n) is 13.5. The van der Waals surface area contributed by atoms with Crippen LogP contribution in [0.3, 0.4) is 0 Å². The van der Waals surface area contributed by atoms with Gasteiger partial charge >= 0.3 is 0 Å². The minimum absolute atomic E-state index is 0.230. The van der Waals surface area contributed by atoms with Crippen molar-refractivity contribution in [2.75, 3.05) is 0 Å². The molecule has 4 bridgehead atoms. The first kappa shape index (κ1) is 14.0. The van der Waals surface area contributed by atoms with Crippen molar-refractivity contribution in [3.8, 4) is 0 Å². The van der Waals surface area contributed by atoms with Gasteiger partial charge in [0.25, 0.3) is 0 Å². The van der Waals surface area contributed by atoms with Crippen LogP contribution in [0, 0.1) is 17.8 Å². The van der Waals surface area contributed by atoms with Gasteiger partial charge in [-0.1, -0.05) is 30.3 Å². The highest BCUT2D eigenvalue weighted by Crippen LogP contribution is 2.56. The monoisotopic (exact) mass is 311 g/mol. The number of nitrogens with one attached hydrogen (secondary N) is 1. The van der Waals surface area contributed by atoms with Gasteiger partial charge in [-0.25, -0.2) is 0 Å². The summed E-state index contributed by atoms with van der Waals surface area (Å²) in [6.07, 6.45) is 7.11. The van der Waals surface area contributed by atoms with E-state index in [1.54, 1.807) is 0 Å². The van der Waals surface area contributed by atoms with Crippen molar-refractivity contribution >= 4 is 5.91 Å². The second-order valence-electron chi connectivity index (χ2n) is 8.64. The molecular formula is C20H25NO2. The first-order valence-corrected chi connectivity index (χ1v) is 9.17. The normalized spacial score (nSPS) is 42.5. The lowest BCUT2D eigenvalue weighted by Crippen LogP contribution is -2.62. The van der Waals surface area contributed by atoms with Crippen molar-refractivity contribution < 1.29 is 9.90 Å². The number of hydrogen-bond donors (Lipinski definition) is 2. The third-order valence-electron chi connectivity index (χ3n) is 7.05. The maximum atomic E-state index is 13.0. The lowest BCUT2D eigenvalue weighted by atomic mass is 9.52. The molecule has 122 valence electrons. The molecule has 1 aromatic carbocycles. The highest BCUT2D eigenvalue weighted by atomic mass is 16.3. The predicted octanol–water partition coefficient (Wildman–Crippen LogP) is 2.77. The van der Waals surface area contributed by atoms with E-state index < -0.39 is 5.60 Å². The van der Waals surface area contributed by atoms with Crippen LogP contribution in [0.2, 0.25) is 0 Å². The molecule has 23 heavy (non-hydrogen) atoms. The molecule has 5 aliphatic rings. The van der Waals surface area contributed by atoms with Gasteiger partial charge < -0.3 is 10.4 Å². The number of rotatable bonds is 3. The summed E-state index contributed by atoms with van der Waals surface area (Å²) in [4.78, 5) is 13.0. The van der Waals surface area contributed by atoms with E-state index in [1.165, 1.54) is 18.4 Å². The number of carbonyl (C=O) groups excluding carboxylic acids is 1. The van der Waals surface area contributed by atoms with Gasteiger partial charge in [0.05, 0.1) is 11.0 Å². The maximum Gasteiger partial charge on any atom is 0.230 e. The van der Waals surface area contributed by atoms with Crippen molar-refractivity contribution in [1.82, 2.24) is 5.32 Å². The molecule has 0 aromatic heterocycles. The summed E-state index contributed by atoms with van der Waals surface area (Å²) in [7, 11) is 0. The van der Waals surface area contributed by atoms with Crippen LogP contribution in [0.15, 0.2) is 30.3 Å². The van der Waals surface area contributed by atoms with Crippen LogP contribution in [0.1, 0.15) is 50.5 Å². The molecule has 1 amide bonds. The lowest BCUT2D eigenvalue weighted by molar-refractivity contribution is -0.147. The lowest BCUT2D eigenvalue weighted by Gasteiger charge is -2.58. The third kappa shape index (κ3) is 2.09. The summed E-state index contributed by atoms with van der Waals surface area (Å²) in [5.74, 6) is 1.89. The molecule has 2 atom stereocenters. The van der Waals surface area contributed by atoms with Gasteiger partial charge in [-0.3, -0.25) is 4.79 Å². The topological polar surface area (TPSA) is 49.3 Å². The fourth-order valence-corrected chi connectivity index (χ4v) is 6.04. The largest absolute Gasteiger partial charge is 0.390 e. The molecule has 0 radical (unpaired) electrons. The highest BCUT2D eigenvalue weighted by Gasteiger charge is 2.57. The zero-order chi connectivity index (χ0) is 15.7. The number of amides is 1. The van der Waals surface area contributed by atoms with Gasteiger partial charge in [0.1, 0.15) is 0 Å². The third-order valence-corrected chi connectivity index (χ3v) is 7.05. The fraction of sp³-hybridized carbons (Fsp3) is 0.650.